The van der Waals surface area contributed by atoms with Gasteiger partial charge in [0.05, 0.1) is 39.7 Å². The molecule has 11 heteroatoms. The van der Waals surface area contributed by atoms with Gasteiger partial charge in [-0.1, -0.05) is 59.6 Å². The summed E-state index contributed by atoms with van der Waals surface area (Å²) in [5.74, 6) is -0.0832. The Hall–Kier alpha value is -4.31. The van der Waals surface area contributed by atoms with E-state index < -0.39 is 21.5 Å². The Bertz CT molecular complexity index is 1960. The van der Waals surface area contributed by atoms with Crippen LogP contribution in [0.3, 0.4) is 0 Å². The lowest BCUT2D eigenvalue weighted by Crippen LogP contribution is -2.21. The molecule has 0 saturated carbocycles. The number of hydrogen-bond donors (Lipinski definition) is 2. The number of rotatable bonds is 7. The molecule has 40 heavy (non-hydrogen) atoms. The van der Waals surface area contributed by atoms with E-state index in [9.17, 15) is 18.3 Å². The number of nitrogens with zero attached hydrogens (tertiary/aromatic N) is 2. The lowest BCUT2D eigenvalue weighted by molar-refractivity contribution is 0.417. The van der Waals surface area contributed by atoms with Gasteiger partial charge in [-0.3, -0.25) is 14.5 Å². The van der Waals surface area contributed by atoms with Crippen molar-refractivity contribution in [3.05, 3.63) is 117 Å². The monoisotopic (exact) mass is 593 g/mol. The molecule has 8 nitrogen and oxygen atoms in total. The van der Waals surface area contributed by atoms with E-state index >= 15 is 0 Å². The number of aromatic nitrogens is 1. The van der Waals surface area contributed by atoms with E-state index in [1.807, 2.05) is 0 Å². The minimum Gasteiger partial charge on any atom is -0.495 e. The maximum absolute atomic E-state index is 13.5. The number of aromatic hydroxyl groups is 1. The summed E-state index contributed by atoms with van der Waals surface area (Å²) in [6.45, 7) is 0. The molecule has 5 rings (SSSR count). The molecule has 0 spiro atoms. The minimum absolute atomic E-state index is 0.126. The van der Waals surface area contributed by atoms with Crippen LogP contribution in [0.2, 0.25) is 10.0 Å². The molecular weight excluding hydrogens is 573 g/mol. The number of aliphatic imine (C=N–C) groups is 1. The molecular formula is C29H21Cl2N3O5S. The van der Waals surface area contributed by atoms with Gasteiger partial charge in [-0.2, -0.15) is 0 Å². The second-order valence-corrected chi connectivity index (χ2v) is 11.1. The summed E-state index contributed by atoms with van der Waals surface area (Å²) in [5.41, 5.74) is 0.488. The normalized spacial score (nSPS) is 11.7. The molecule has 1 heterocycles. The molecule has 0 aliphatic carbocycles. The van der Waals surface area contributed by atoms with Gasteiger partial charge in [0.25, 0.3) is 15.6 Å². The maximum Gasteiger partial charge on any atom is 0.265 e. The van der Waals surface area contributed by atoms with Crippen molar-refractivity contribution in [2.24, 2.45) is 4.99 Å². The lowest BCUT2D eigenvalue weighted by atomic mass is 10.1. The molecule has 0 fully saturated rings. The number of methoxy groups -OCH3 is 1. The fraction of sp³-hybridized carbons (Fsp3) is 0.0345. The number of sulfonamides is 1. The molecule has 2 N–H and O–H groups in total. The molecule has 0 aliphatic rings. The number of pyridine rings is 1. The van der Waals surface area contributed by atoms with Crippen LogP contribution in [0.25, 0.3) is 16.5 Å². The highest BCUT2D eigenvalue weighted by atomic mass is 35.5. The summed E-state index contributed by atoms with van der Waals surface area (Å²) in [6.07, 6.45) is 1.40. The molecule has 0 atom stereocenters. The number of ether oxygens (including phenoxy) is 1. The molecule has 0 unspecified atom stereocenters. The SMILES string of the molecule is COc1ccccc1NS(=O)(=O)c1cccc(-n2c(O)c(C=Nc3ccc(Cl)cc3Cl)c3ccccc3c2=O)c1. The predicted molar refractivity (Wildman–Crippen MR) is 159 cm³/mol. The highest BCUT2D eigenvalue weighted by molar-refractivity contribution is 7.92. The Morgan fingerprint density at radius 2 is 1.65 bits per heavy atom. The van der Waals surface area contributed by atoms with Gasteiger partial charge in [-0.25, -0.2) is 13.0 Å². The maximum atomic E-state index is 13.5. The van der Waals surface area contributed by atoms with Gasteiger partial charge in [0.15, 0.2) is 0 Å². The fourth-order valence-corrected chi connectivity index (χ4v) is 5.74. The number of halogens is 2. The molecule has 0 amide bonds. The number of anilines is 1. The molecule has 202 valence electrons. The molecule has 4 aromatic carbocycles. The van der Waals surface area contributed by atoms with Crippen molar-refractivity contribution in [2.45, 2.75) is 4.90 Å². The number of hydrogen-bond acceptors (Lipinski definition) is 6. The fourth-order valence-electron chi connectivity index (χ4n) is 4.17. The van der Waals surface area contributed by atoms with E-state index in [1.54, 1.807) is 66.7 Å². The van der Waals surface area contributed by atoms with Gasteiger partial charge in [0.2, 0.25) is 5.88 Å². The third kappa shape index (κ3) is 5.27. The topological polar surface area (TPSA) is 110 Å². The van der Waals surface area contributed by atoms with Crippen LogP contribution in [0, 0.1) is 0 Å². The van der Waals surface area contributed by atoms with E-state index in [0.29, 0.717) is 32.3 Å². The summed E-state index contributed by atoms with van der Waals surface area (Å²) in [7, 11) is -2.65. The molecule has 0 radical (unpaired) electrons. The average Bonchev–Trinajstić information content (AvgIpc) is 2.94. The van der Waals surface area contributed by atoms with E-state index in [2.05, 4.69) is 9.71 Å². The number of fused-ring (bicyclic) bond motifs is 1. The molecule has 1 aromatic heterocycles. The van der Waals surface area contributed by atoms with Crippen LogP contribution in [0.15, 0.2) is 106 Å². The Morgan fingerprint density at radius 1 is 0.925 bits per heavy atom. The highest BCUT2D eigenvalue weighted by Gasteiger charge is 2.20. The van der Waals surface area contributed by atoms with Crippen LogP contribution in [-0.4, -0.2) is 31.4 Å². The van der Waals surface area contributed by atoms with Crippen molar-refractivity contribution >= 4 is 61.6 Å². The van der Waals surface area contributed by atoms with Gasteiger partial charge in [-0.05, 0) is 54.6 Å². The predicted octanol–water partition coefficient (Wildman–Crippen LogP) is 6.56. The Labute approximate surface area is 239 Å². The van der Waals surface area contributed by atoms with Crippen LogP contribution in [0.4, 0.5) is 11.4 Å². The van der Waals surface area contributed by atoms with Gasteiger partial charge in [0.1, 0.15) is 5.75 Å². The zero-order valence-electron chi connectivity index (χ0n) is 20.9. The molecule has 0 aliphatic heterocycles. The van der Waals surface area contributed by atoms with E-state index in [1.165, 1.54) is 37.6 Å². The second-order valence-electron chi connectivity index (χ2n) is 8.58. The minimum atomic E-state index is -4.09. The van der Waals surface area contributed by atoms with Crippen molar-refractivity contribution in [1.29, 1.82) is 0 Å². The Morgan fingerprint density at radius 3 is 2.40 bits per heavy atom. The van der Waals surface area contributed by atoms with Gasteiger partial charge >= 0.3 is 0 Å². The van der Waals surface area contributed by atoms with Crippen LogP contribution in [0.1, 0.15) is 5.56 Å². The third-order valence-electron chi connectivity index (χ3n) is 6.08. The second kappa shape index (κ2) is 11.1. The summed E-state index contributed by atoms with van der Waals surface area (Å²) in [6, 6.07) is 23.8. The quantitative estimate of drug-likeness (QED) is 0.207. The van der Waals surface area contributed by atoms with E-state index in [4.69, 9.17) is 27.9 Å². The van der Waals surface area contributed by atoms with Crippen LogP contribution >= 0.6 is 23.2 Å². The van der Waals surface area contributed by atoms with Gasteiger partial charge < -0.3 is 9.84 Å². The van der Waals surface area contributed by atoms with Crippen LogP contribution in [-0.2, 0) is 10.0 Å². The first-order chi connectivity index (χ1) is 19.2. The first kappa shape index (κ1) is 27.3. The van der Waals surface area contributed by atoms with Gasteiger partial charge in [-0.15, -0.1) is 0 Å². The van der Waals surface area contributed by atoms with Crippen LogP contribution < -0.4 is 15.0 Å². The Balaban J connectivity index is 1.64. The van der Waals surface area contributed by atoms with Crippen molar-refractivity contribution in [1.82, 2.24) is 4.57 Å². The number of nitrogens with one attached hydrogen (secondary N) is 1. The average molecular weight is 594 g/mol. The van der Waals surface area contributed by atoms with Crippen molar-refractivity contribution in [3.8, 4) is 17.3 Å². The van der Waals surface area contributed by atoms with Crippen molar-refractivity contribution in [2.75, 3.05) is 11.8 Å². The van der Waals surface area contributed by atoms with Gasteiger partial charge in [0, 0.05) is 22.0 Å². The Kier molecular flexibility index (Phi) is 7.53. The summed E-state index contributed by atoms with van der Waals surface area (Å²) in [4.78, 5) is 17.8. The standard InChI is InChI=1S/C29H21Cl2N3O5S/c1-39-27-12-5-4-11-26(27)33-40(37,38)20-8-6-7-19(16-20)34-28(35)22-10-3-2-9-21(22)23(29(34)36)17-32-25-14-13-18(30)15-24(25)31/h2-17,33,36H,1H3. The zero-order chi connectivity index (χ0) is 28.4. The summed E-state index contributed by atoms with van der Waals surface area (Å²) in [5, 5.41) is 12.8. The molecule has 5 aromatic rings. The van der Waals surface area contributed by atoms with Crippen molar-refractivity contribution in [3.63, 3.8) is 0 Å². The highest BCUT2D eigenvalue weighted by Crippen LogP contribution is 2.31. The molecule has 0 bridgehead atoms. The smallest absolute Gasteiger partial charge is 0.265 e. The largest absolute Gasteiger partial charge is 0.495 e. The number of benzene rings is 4. The lowest BCUT2D eigenvalue weighted by Gasteiger charge is -2.15. The molecule has 0 saturated heterocycles. The van der Waals surface area contributed by atoms with Crippen molar-refractivity contribution < 1.29 is 18.3 Å². The van der Waals surface area contributed by atoms with E-state index in [-0.39, 0.29) is 21.8 Å². The zero-order valence-corrected chi connectivity index (χ0v) is 23.2. The first-order valence-electron chi connectivity index (χ1n) is 11.8. The summed E-state index contributed by atoms with van der Waals surface area (Å²) < 4.78 is 35.3. The first-order valence-corrected chi connectivity index (χ1v) is 14.1. The summed E-state index contributed by atoms with van der Waals surface area (Å²) >= 11 is 12.2. The number of para-hydroxylation sites is 2. The van der Waals surface area contributed by atoms with E-state index in [0.717, 1.165) is 4.57 Å². The third-order valence-corrected chi connectivity index (χ3v) is 7.98. The van der Waals surface area contributed by atoms with Crippen LogP contribution in [0.5, 0.6) is 11.6 Å².